The zero-order valence-corrected chi connectivity index (χ0v) is 15.1. The van der Waals surface area contributed by atoms with Gasteiger partial charge in [0.2, 0.25) is 0 Å². The molecule has 0 aliphatic carbocycles. The van der Waals surface area contributed by atoms with Gasteiger partial charge < -0.3 is 0 Å². The minimum Gasteiger partial charge on any atom is -0.293 e. The monoisotopic (exact) mass is 350 g/mol. The number of hydrogen-bond acceptors (Lipinski definition) is 4. The summed E-state index contributed by atoms with van der Waals surface area (Å²) < 4.78 is 14.5. The maximum absolute atomic E-state index is 13.1. The molecule has 0 fully saturated rings. The van der Waals surface area contributed by atoms with E-state index in [4.69, 9.17) is 4.98 Å². The lowest BCUT2D eigenvalue weighted by Crippen LogP contribution is -2.26. The first-order valence-electron chi connectivity index (χ1n) is 7.74. The fourth-order valence-corrected chi connectivity index (χ4v) is 4.81. The average Bonchev–Trinajstić information content (AvgIpc) is 3.16. The molecule has 122 valence electrons. The molecule has 6 heteroatoms. The lowest BCUT2D eigenvalue weighted by atomic mass is 10.1. The van der Waals surface area contributed by atoms with Crippen LogP contribution < -0.4 is 5.56 Å². The highest BCUT2D eigenvalue weighted by Gasteiger charge is 2.22. The van der Waals surface area contributed by atoms with E-state index in [-0.39, 0.29) is 18.0 Å². The van der Waals surface area contributed by atoms with Gasteiger partial charge in [-0.25, -0.2) is 9.37 Å². The predicted molar refractivity (Wildman–Crippen MR) is 96.6 cm³/mol. The van der Waals surface area contributed by atoms with Crippen LogP contribution in [-0.2, 0) is 13.0 Å². The van der Waals surface area contributed by atoms with E-state index in [0.29, 0.717) is 11.2 Å². The molecule has 3 rings (SSSR count). The van der Waals surface area contributed by atoms with E-state index in [9.17, 15) is 9.18 Å². The third-order valence-corrected chi connectivity index (χ3v) is 5.94. The van der Waals surface area contributed by atoms with Crippen LogP contribution in [0.1, 0.15) is 37.4 Å². The van der Waals surface area contributed by atoms with E-state index in [1.54, 1.807) is 22.7 Å². The molecule has 0 aliphatic heterocycles. The zero-order valence-electron chi connectivity index (χ0n) is 13.4. The van der Waals surface area contributed by atoms with Crippen LogP contribution in [0.5, 0.6) is 0 Å². The van der Waals surface area contributed by atoms with Gasteiger partial charge in [-0.05, 0) is 17.9 Å². The molecular formula is C17H19FN2OS2. The van der Waals surface area contributed by atoms with Gasteiger partial charge in [-0.2, -0.15) is 0 Å². The molecule has 0 aliphatic rings. The summed E-state index contributed by atoms with van der Waals surface area (Å²) in [6.07, 6.45) is 0.855. The molecule has 0 atom stereocenters. The Morgan fingerprint density at radius 1 is 1.39 bits per heavy atom. The van der Waals surface area contributed by atoms with Crippen molar-refractivity contribution in [2.75, 3.05) is 6.67 Å². The molecule has 23 heavy (non-hydrogen) atoms. The summed E-state index contributed by atoms with van der Waals surface area (Å²) in [6.45, 7) is 5.56. The Labute approximate surface area is 142 Å². The molecule has 0 saturated carbocycles. The van der Waals surface area contributed by atoms with Crippen LogP contribution in [0.15, 0.2) is 22.3 Å². The van der Waals surface area contributed by atoms with Crippen molar-refractivity contribution in [1.82, 2.24) is 9.55 Å². The maximum Gasteiger partial charge on any atom is 0.263 e. The second-order valence-corrected chi connectivity index (χ2v) is 7.71. The van der Waals surface area contributed by atoms with E-state index < -0.39 is 6.67 Å². The van der Waals surface area contributed by atoms with Crippen LogP contribution in [0.25, 0.3) is 20.7 Å². The first-order chi connectivity index (χ1) is 11.1. The quantitative estimate of drug-likeness (QED) is 0.660. The van der Waals surface area contributed by atoms with Crippen molar-refractivity contribution >= 4 is 32.9 Å². The number of aryl methyl sites for hydroxylation is 1. The van der Waals surface area contributed by atoms with Gasteiger partial charge in [0.25, 0.3) is 5.56 Å². The third kappa shape index (κ3) is 2.74. The van der Waals surface area contributed by atoms with Crippen LogP contribution in [-0.4, -0.2) is 16.2 Å². The number of halogens is 1. The maximum atomic E-state index is 13.1. The molecular weight excluding hydrogens is 331 g/mol. The largest absolute Gasteiger partial charge is 0.293 e. The van der Waals surface area contributed by atoms with Crippen LogP contribution in [0.3, 0.4) is 0 Å². The van der Waals surface area contributed by atoms with Gasteiger partial charge in [0, 0.05) is 21.2 Å². The number of hydrogen-bond donors (Lipinski definition) is 0. The Hall–Kier alpha value is -1.53. The summed E-state index contributed by atoms with van der Waals surface area (Å²) in [4.78, 5) is 20.8. The van der Waals surface area contributed by atoms with E-state index in [1.807, 2.05) is 31.4 Å². The molecule has 0 unspecified atom stereocenters. The van der Waals surface area contributed by atoms with Crippen molar-refractivity contribution in [2.24, 2.45) is 0 Å². The van der Waals surface area contributed by atoms with Gasteiger partial charge in [-0.15, -0.1) is 22.7 Å². The van der Waals surface area contributed by atoms with Crippen molar-refractivity contribution in [3.8, 4) is 10.4 Å². The van der Waals surface area contributed by atoms with Gasteiger partial charge in [-0.1, -0.05) is 26.8 Å². The SMILES string of the molecule is CCc1sc2nc(C(C)C)n(CCF)c(=O)c2c1-c1cccs1. The molecule has 0 saturated heterocycles. The summed E-state index contributed by atoms with van der Waals surface area (Å²) >= 11 is 3.20. The van der Waals surface area contributed by atoms with E-state index in [2.05, 4.69) is 6.92 Å². The summed E-state index contributed by atoms with van der Waals surface area (Å²) in [5.74, 6) is 0.748. The molecule has 0 spiro atoms. The molecule has 3 aromatic rings. The Morgan fingerprint density at radius 3 is 2.74 bits per heavy atom. The fraction of sp³-hybridized carbons (Fsp3) is 0.412. The number of nitrogens with zero attached hydrogens (tertiary/aromatic N) is 2. The van der Waals surface area contributed by atoms with Gasteiger partial charge in [0.1, 0.15) is 17.3 Å². The zero-order chi connectivity index (χ0) is 16.6. The van der Waals surface area contributed by atoms with Crippen LogP contribution in [0.2, 0.25) is 0 Å². The minimum atomic E-state index is -0.564. The Morgan fingerprint density at radius 2 is 2.17 bits per heavy atom. The number of rotatable bonds is 5. The van der Waals surface area contributed by atoms with Gasteiger partial charge >= 0.3 is 0 Å². The summed E-state index contributed by atoms with van der Waals surface area (Å²) in [7, 11) is 0. The van der Waals surface area contributed by atoms with Crippen LogP contribution in [0.4, 0.5) is 4.39 Å². The summed E-state index contributed by atoms with van der Waals surface area (Å²) in [5, 5.41) is 2.65. The number of fused-ring (bicyclic) bond motifs is 1. The predicted octanol–water partition coefficient (Wildman–Crippen LogP) is 4.84. The number of aromatic nitrogens is 2. The number of alkyl halides is 1. The van der Waals surface area contributed by atoms with Crippen molar-refractivity contribution in [3.05, 3.63) is 38.6 Å². The van der Waals surface area contributed by atoms with Crippen LogP contribution in [0, 0.1) is 0 Å². The molecule has 3 heterocycles. The fourth-order valence-electron chi connectivity index (χ4n) is 2.82. The summed E-state index contributed by atoms with van der Waals surface area (Å²) in [6, 6.07) is 4.01. The first kappa shape index (κ1) is 16.3. The van der Waals surface area contributed by atoms with Crippen molar-refractivity contribution in [1.29, 1.82) is 0 Å². The van der Waals surface area contributed by atoms with Crippen molar-refractivity contribution in [3.63, 3.8) is 0 Å². The third-order valence-electron chi connectivity index (χ3n) is 3.83. The van der Waals surface area contributed by atoms with Gasteiger partial charge in [-0.3, -0.25) is 9.36 Å². The minimum absolute atomic E-state index is 0.0659. The van der Waals surface area contributed by atoms with Gasteiger partial charge in [0.05, 0.1) is 11.9 Å². The van der Waals surface area contributed by atoms with Crippen molar-refractivity contribution in [2.45, 2.75) is 39.7 Å². The highest BCUT2D eigenvalue weighted by Crippen LogP contribution is 2.39. The topological polar surface area (TPSA) is 34.9 Å². The van der Waals surface area contributed by atoms with E-state index in [1.165, 1.54) is 9.44 Å². The molecule has 0 aromatic carbocycles. The van der Waals surface area contributed by atoms with Gasteiger partial charge in [0.15, 0.2) is 0 Å². The molecule has 3 nitrogen and oxygen atoms in total. The standard InChI is InChI=1S/C17H19FN2OS2/c1-4-11-13(12-6-5-9-22-12)14-16(23-11)19-15(10(2)3)20(8-7-18)17(14)21/h5-6,9-10H,4,7-8H2,1-3H3. The second kappa shape index (κ2) is 6.53. The smallest absolute Gasteiger partial charge is 0.263 e. The Balaban J connectivity index is 2.41. The number of thiophene rings is 2. The Bertz CT molecular complexity index is 878. The van der Waals surface area contributed by atoms with Crippen LogP contribution >= 0.6 is 22.7 Å². The first-order valence-corrected chi connectivity index (χ1v) is 9.44. The molecule has 0 amide bonds. The Kier molecular flexibility index (Phi) is 4.64. The summed E-state index contributed by atoms with van der Waals surface area (Å²) in [5.41, 5.74) is 0.874. The highest BCUT2D eigenvalue weighted by molar-refractivity contribution is 7.20. The molecule has 0 N–H and O–H groups in total. The molecule has 0 radical (unpaired) electrons. The highest BCUT2D eigenvalue weighted by atomic mass is 32.1. The molecule has 3 aromatic heterocycles. The van der Waals surface area contributed by atoms with Crippen molar-refractivity contribution < 1.29 is 4.39 Å². The second-order valence-electron chi connectivity index (χ2n) is 5.68. The normalized spacial score (nSPS) is 11.7. The average molecular weight is 350 g/mol. The van der Waals surface area contributed by atoms with E-state index in [0.717, 1.165) is 21.7 Å². The lowest BCUT2D eigenvalue weighted by molar-refractivity contribution is 0.428. The lowest BCUT2D eigenvalue weighted by Gasteiger charge is -2.13. The molecule has 0 bridgehead atoms. The van der Waals surface area contributed by atoms with E-state index >= 15 is 0 Å².